The Bertz CT molecular complexity index is 863. The van der Waals surface area contributed by atoms with Gasteiger partial charge in [-0.1, -0.05) is 35.0 Å². The summed E-state index contributed by atoms with van der Waals surface area (Å²) in [5.41, 5.74) is 2.82. The summed E-state index contributed by atoms with van der Waals surface area (Å²) in [6, 6.07) is 15.5. The zero-order valence-electron chi connectivity index (χ0n) is 12.7. The predicted molar refractivity (Wildman–Crippen MR) is 97.4 cm³/mol. The summed E-state index contributed by atoms with van der Waals surface area (Å²) in [7, 11) is 0. The lowest BCUT2D eigenvalue weighted by atomic mass is 10.1. The molecule has 3 rings (SSSR count). The van der Waals surface area contributed by atoms with E-state index < -0.39 is 0 Å². The molecule has 3 aromatic rings. The van der Waals surface area contributed by atoms with Gasteiger partial charge in [-0.3, -0.25) is 4.79 Å². The molecule has 0 saturated carbocycles. The topological polar surface area (TPSA) is 42.2 Å². The molecule has 0 aliphatic carbocycles. The number of carbonyl (C=O) groups is 1. The Balaban J connectivity index is 1.68. The number of benzene rings is 2. The summed E-state index contributed by atoms with van der Waals surface area (Å²) in [5.74, 6) is 0.463. The SMILES string of the molecule is CCc1ccc(NC(=O)C=Cc2cc3cc(Br)ccc3o2)cc1. The van der Waals surface area contributed by atoms with E-state index in [9.17, 15) is 4.79 Å². The fourth-order valence-corrected chi connectivity index (χ4v) is 2.66. The Morgan fingerprint density at radius 1 is 1.17 bits per heavy atom. The van der Waals surface area contributed by atoms with Crippen LogP contribution in [-0.2, 0) is 11.2 Å². The van der Waals surface area contributed by atoms with Crippen LogP contribution in [0.25, 0.3) is 17.0 Å². The second-order valence-corrected chi connectivity index (χ2v) is 6.12. The standard InChI is InChI=1S/C19H16BrNO2/c1-2-13-3-6-16(7-4-13)21-19(22)10-8-17-12-14-11-15(20)5-9-18(14)23-17/h3-12H,2H2,1H3,(H,21,22). The van der Waals surface area contributed by atoms with E-state index in [2.05, 4.69) is 28.2 Å². The average molecular weight is 370 g/mol. The van der Waals surface area contributed by atoms with Crippen LogP contribution >= 0.6 is 15.9 Å². The van der Waals surface area contributed by atoms with E-state index in [1.165, 1.54) is 11.6 Å². The summed E-state index contributed by atoms with van der Waals surface area (Å²) >= 11 is 3.43. The quantitative estimate of drug-likeness (QED) is 0.624. The highest BCUT2D eigenvalue weighted by Crippen LogP contribution is 2.24. The van der Waals surface area contributed by atoms with Crippen molar-refractivity contribution in [3.05, 3.63) is 70.4 Å². The molecule has 3 nitrogen and oxygen atoms in total. The highest BCUT2D eigenvalue weighted by Gasteiger charge is 2.03. The lowest BCUT2D eigenvalue weighted by Crippen LogP contribution is -2.07. The second kappa shape index (κ2) is 6.84. The number of amides is 1. The molecular formula is C19H16BrNO2. The van der Waals surface area contributed by atoms with Crippen LogP contribution in [0.5, 0.6) is 0 Å². The smallest absolute Gasteiger partial charge is 0.248 e. The van der Waals surface area contributed by atoms with Crippen molar-refractivity contribution in [2.75, 3.05) is 5.32 Å². The first kappa shape index (κ1) is 15.6. The molecule has 0 atom stereocenters. The summed E-state index contributed by atoms with van der Waals surface area (Å²) < 4.78 is 6.66. The number of fused-ring (bicyclic) bond motifs is 1. The van der Waals surface area contributed by atoms with Gasteiger partial charge in [-0.25, -0.2) is 0 Å². The van der Waals surface area contributed by atoms with Crippen molar-refractivity contribution in [3.8, 4) is 0 Å². The van der Waals surface area contributed by atoms with Crippen molar-refractivity contribution in [2.24, 2.45) is 0 Å². The molecule has 0 spiro atoms. The summed E-state index contributed by atoms with van der Waals surface area (Å²) in [5, 5.41) is 3.83. The van der Waals surface area contributed by atoms with Gasteiger partial charge < -0.3 is 9.73 Å². The number of furan rings is 1. The highest BCUT2D eigenvalue weighted by atomic mass is 79.9. The lowest BCUT2D eigenvalue weighted by molar-refractivity contribution is -0.111. The normalized spacial score (nSPS) is 11.2. The molecule has 0 radical (unpaired) electrons. The molecule has 2 aromatic carbocycles. The van der Waals surface area contributed by atoms with Crippen molar-refractivity contribution in [1.82, 2.24) is 0 Å². The maximum absolute atomic E-state index is 12.0. The number of nitrogens with one attached hydrogen (secondary N) is 1. The van der Waals surface area contributed by atoms with E-state index in [1.54, 1.807) is 6.08 Å². The molecule has 1 aromatic heterocycles. The van der Waals surface area contributed by atoms with Crippen LogP contribution in [0.1, 0.15) is 18.2 Å². The zero-order chi connectivity index (χ0) is 16.2. The van der Waals surface area contributed by atoms with E-state index in [0.717, 1.165) is 27.6 Å². The maximum atomic E-state index is 12.0. The van der Waals surface area contributed by atoms with Gasteiger partial charge in [0.25, 0.3) is 0 Å². The largest absolute Gasteiger partial charge is 0.457 e. The van der Waals surface area contributed by atoms with Gasteiger partial charge in [0, 0.05) is 21.6 Å². The van der Waals surface area contributed by atoms with Crippen LogP contribution < -0.4 is 5.32 Å². The first-order valence-corrected chi connectivity index (χ1v) is 8.20. The van der Waals surface area contributed by atoms with E-state index >= 15 is 0 Å². The fraction of sp³-hybridized carbons (Fsp3) is 0.105. The minimum atomic E-state index is -0.184. The number of halogens is 1. The molecule has 0 bridgehead atoms. The second-order valence-electron chi connectivity index (χ2n) is 5.20. The van der Waals surface area contributed by atoms with Crippen molar-refractivity contribution >= 4 is 44.6 Å². The molecule has 4 heteroatoms. The highest BCUT2D eigenvalue weighted by molar-refractivity contribution is 9.10. The number of carbonyl (C=O) groups excluding carboxylic acids is 1. The van der Waals surface area contributed by atoms with Crippen LogP contribution in [0.3, 0.4) is 0 Å². The molecule has 1 N–H and O–H groups in total. The van der Waals surface area contributed by atoms with Crippen LogP contribution in [-0.4, -0.2) is 5.91 Å². The Morgan fingerprint density at radius 3 is 2.70 bits per heavy atom. The monoisotopic (exact) mass is 369 g/mol. The van der Waals surface area contributed by atoms with E-state index in [0.29, 0.717) is 5.76 Å². The van der Waals surface area contributed by atoms with Gasteiger partial charge in [-0.15, -0.1) is 0 Å². The Hall–Kier alpha value is -2.33. The minimum absolute atomic E-state index is 0.184. The molecule has 0 unspecified atom stereocenters. The number of aryl methyl sites for hydroxylation is 1. The molecule has 1 heterocycles. The number of anilines is 1. The first-order chi connectivity index (χ1) is 11.1. The van der Waals surface area contributed by atoms with E-state index in [4.69, 9.17) is 4.42 Å². The van der Waals surface area contributed by atoms with Crippen LogP contribution in [0, 0.1) is 0 Å². The van der Waals surface area contributed by atoms with Gasteiger partial charge in [0.1, 0.15) is 11.3 Å². The average Bonchev–Trinajstić information content (AvgIpc) is 2.95. The maximum Gasteiger partial charge on any atom is 0.248 e. The zero-order valence-corrected chi connectivity index (χ0v) is 14.3. The number of hydrogen-bond donors (Lipinski definition) is 1. The Labute approximate surface area is 143 Å². The molecule has 0 fully saturated rings. The van der Waals surface area contributed by atoms with Crippen LogP contribution in [0.4, 0.5) is 5.69 Å². The minimum Gasteiger partial charge on any atom is -0.457 e. The third kappa shape index (κ3) is 3.90. The summed E-state index contributed by atoms with van der Waals surface area (Å²) in [6.45, 7) is 2.10. The molecule has 0 aliphatic rings. The Morgan fingerprint density at radius 2 is 1.96 bits per heavy atom. The van der Waals surface area contributed by atoms with Gasteiger partial charge in [0.15, 0.2) is 0 Å². The molecular weight excluding hydrogens is 354 g/mol. The molecule has 23 heavy (non-hydrogen) atoms. The predicted octanol–water partition coefficient (Wildman–Crippen LogP) is 5.41. The fourth-order valence-electron chi connectivity index (χ4n) is 2.28. The van der Waals surface area contributed by atoms with Crippen molar-refractivity contribution in [2.45, 2.75) is 13.3 Å². The van der Waals surface area contributed by atoms with Gasteiger partial charge in [0.2, 0.25) is 5.91 Å². The third-order valence-corrected chi connectivity index (χ3v) is 4.02. The summed E-state index contributed by atoms with van der Waals surface area (Å²) in [4.78, 5) is 12.0. The van der Waals surface area contributed by atoms with Gasteiger partial charge in [0.05, 0.1) is 0 Å². The van der Waals surface area contributed by atoms with E-state index in [-0.39, 0.29) is 5.91 Å². The van der Waals surface area contributed by atoms with Crippen molar-refractivity contribution in [1.29, 1.82) is 0 Å². The molecule has 0 saturated heterocycles. The van der Waals surface area contributed by atoms with Crippen LogP contribution in [0.15, 0.2) is 63.5 Å². The molecule has 0 aliphatic heterocycles. The van der Waals surface area contributed by atoms with Crippen LogP contribution in [0.2, 0.25) is 0 Å². The van der Waals surface area contributed by atoms with Gasteiger partial charge in [-0.05, 0) is 54.5 Å². The lowest BCUT2D eigenvalue weighted by Gasteiger charge is -2.02. The summed E-state index contributed by atoms with van der Waals surface area (Å²) in [6.07, 6.45) is 4.13. The van der Waals surface area contributed by atoms with E-state index in [1.807, 2.05) is 48.5 Å². The number of hydrogen-bond acceptors (Lipinski definition) is 2. The molecule has 116 valence electrons. The Kier molecular flexibility index (Phi) is 4.63. The molecule has 1 amide bonds. The van der Waals surface area contributed by atoms with Gasteiger partial charge >= 0.3 is 0 Å². The first-order valence-electron chi connectivity index (χ1n) is 7.41. The van der Waals surface area contributed by atoms with Gasteiger partial charge in [-0.2, -0.15) is 0 Å². The third-order valence-electron chi connectivity index (χ3n) is 3.53. The number of rotatable bonds is 4. The van der Waals surface area contributed by atoms with Crippen molar-refractivity contribution in [3.63, 3.8) is 0 Å². The van der Waals surface area contributed by atoms with Crippen molar-refractivity contribution < 1.29 is 9.21 Å².